The lowest BCUT2D eigenvalue weighted by molar-refractivity contribution is -0.579. The van der Waals surface area contributed by atoms with Crippen molar-refractivity contribution in [1.82, 2.24) is 10.1 Å². The molecule has 2 rings (SSSR count). The van der Waals surface area contributed by atoms with Crippen LogP contribution in [0, 0.1) is 6.07 Å². The lowest BCUT2D eigenvalue weighted by Gasteiger charge is -1.75. The lowest BCUT2D eigenvalue weighted by Crippen LogP contribution is -2.22. The molecule has 2 aromatic rings. The van der Waals surface area contributed by atoms with Gasteiger partial charge in [-0.25, -0.2) is 5.10 Å². The summed E-state index contributed by atoms with van der Waals surface area (Å²) >= 11 is 0. The molecule has 0 unspecified atom stereocenters. The summed E-state index contributed by atoms with van der Waals surface area (Å²) in [6.45, 7) is 0. The Labute approximate surface area is 52.0 Å². The Morgan fingerprint density at radius 2 is 2.67 bits per heavy atom. The highest BCUT2D eigenvalue weighted by Gasteiger charge is 1.98. The van der Waals surface area contributed by atoms with Crippen molar-refractivity contribution in [2.75, 3.05) is 0 Å². The van der Waals surface area contributed by atoms with Gasteiger partial charge in [0.1, 0.15) is 18.5 Å². The largest absolute Gasteiger partial charge is 0.356 e. The molecule has 0 aliphatic rings. The van der Waals surface area contributed by atoms with Crippen molar-refractivity contribution < 1.29 is 4.52 Å². The molecule has 0 fully saturated rings. The highest BCUT2D eigenvalue weighted by Crippen LogP contribution is 1.83. The molecule has 1 radical (unpaired) electrons. The van der Waals surface area contributed by atoms with Crippen molar-refractivity contribution in [1.29, 1.82) is 0 Å². The molecular formula is C6H5N3+. The molecule has 0 saturated carbocycles. The van der Waals surface area contributed by atoms with Gasteiger partial charge in [0.05, 0.1) is 6.20 Å². The second kappa shape index (κ2) is 1.55. The maximum Gasteiger partial charge on any atom is 0.356 e. The average molecular weight is 119 g/mol. The van der Waals surface area contributed by atoms with Crippen LogP contribution in [0.25, 0.3) is 5.65 Å². The first-order valence-corrected chi connectivity index (χ1v) is 2.68. The smallest absolute Gasteiger partial charge is 0.230 e. The molecule has 0 bridgehead atoms. The Kier molecular flexibility index (Phi) is 0.773. The number of nitrogens with one attached hydrogen (secondary N) is 1. The Morgan fingerprint density at radius 3 is 3.56 bits per heavy atom. The zero-order valence-corrected chi connectivity index (χ0v) is 4.70. The zero-order chi connectivity index (χ0) is 6.10. The average Bonchev–Trinajstić information content (AvgIpc) is 2.33. The Balaban J connectivity index is 2.95. The van der Waals surface area contributed by atoms with Crippen LogP contribution in [-0.2, 0) is 0 Å². The van der Waals surface area contributed by atoms with Gasteiger partial charge in [-0.1, -0.05) is 0 Å². The number of H-pyrrole nitrogens is 1. The van der Waals surface area contributed by atoms with Crippen molar-refractivity contribution in [2.45, 2.75) is 0 Å². The van der Waals surface area contributed by atoms with Crippen molar-refractivity contribution >= 4 is 5.65 Å². The quantitative estimate of drug-likeness (QED) is 0.484. The van der Waals surface area contributed by atoms with E-state index in [0.29, 0.717) is 0 Å². The standard InChI is InChI=1S/C6H4N3/c1-3-7-6-2-4-8-9(6)5-1/h1,3-5H/p+1. The fourth-order valence-corrected chi connectivity index (χ4v) is 0.748. The van der Waals surface area contributed by atoms with Gasteiger partial charge in [0, 0.05) is 6.07 Å². The second-order valence-corrected chi connectivity index (χ2v) is 1.73. The van der Waals surface area contributed by atoms with E-state index in [4.69, 9.17) is 0 Å². The number of aromatic amines is 1. The van der Waals surface area contributed by atoms with Gasteiger partial charge in [0.25, 0.3) is 0 Å². The Bertz CT molecular complexity index is 282. The Hall–Kier alpha value is -1.38. The van der Waals surface area contributed by atoms with E-state index in [-0.39, 0.29) is 0 Å². The normalized spacial score (nSPS) is 10.2. The summed E-state index contributed by atoms with van der Waals surface area (Å²) in [7, 11) is 0. The summed E-state index contributed by atoms with van der Waals surface area (Å²) in [5.41, 5.74) is 0.817. The predicted molar refractivity (Wildman–Crippen MR) is 30.6 cm³/mol. The molecule has 0 saturated heterocycles. The van der Waals surface area contributed by atoms with Gasteiger partial charge in [0.15, 0.2) is 0 Å². The summed E-state index contributed by atoms with van der Waals surface area (Å²) in [4.78, 5) is 4.02. The number of rotatable bonds is 0. The van der Waals surface area contributed by atoms with Crippen molar-refractivity contribution in [2.24, 2.45) is 0 Å². The number of hydrogen-bond acceptors (Lipinski definition) is 1. The minimum Gasteiger partial charge on any atom is -0.230 e. The maximum absolute atomic E-state index is 4.02. The molecule has 0 aromatic carbocycles. The fourth-order valence-electron chi connectivity index (χ4n) is 0.748. The van der Waals surface area contributed by atoms with E-state index in [1.807, 2.05) is 12.3 Å². The van der Waals surface area contributed by atoms with Gasteiger partial charge in [0.2, 0.25) is 0 Å². The van der Waals surface area contributed by atoms with E-state index >= 15 is 0 Å². The molecule has 2 heterocycles. The monoisotopic (exact) mass is 119 g/mol. The van der Waals surface area contributed by atoms with E-state index in [1.54, 1.807) is 16.9 Å². The van der Waals surface area contributed by atoms with Crippen LogP contribution < -0.4 is 4.52 Å². The van der Waals surface area contributed by atoms with E-state index in [2.05, 4.69) is 16.1 Å². The molecular weight excluding hydrogens is 114 g/mol. The topological polar surface area (TPSA) is 32.8 Å². The molecule has 0 aliphatic carbocycles. The molecule has 2 aromatic heterocycles. The predicted octanol–water partition coefficient (Wildman–Crippen LogP) is -0.0514. The number of nitrogens with zero attached hydrogens (tertiary/aromatic N) is 2. The Morgan fingerprint density at radius 1 is 1.67 bits per heavy atom. The summed E-state index contributed by atoms with van der Waals surface area (Å²) < 4.78 is 1.79. The van der Waals surface area contributed by atoms with Crippen LogP contribution in [0.15, 0.2) is 24.7 Å². The van der Waals surface area contributed by atoms with Crippen molar-refractivity contribution in [3.05, 3.63) is 30.7 Å². The van der Waals surface area contributed by atoms with Gasteiger partial charge in [-0.2, -0.15) is 0 Å². The van der Waals surface area contributed by atoms with E-state index in [0.717, 1.165) is 5.65 Å². The van der Waals surface area contributed by atoms with Crippen molar-refractivity contribution in [3.63, 3.8) is 0 Å². The van der Waals surface area contributed by atoms with E-state index < -0.39 is 0 Å². The van der Waals surface area contributed by atoms with Gasteiger partial charge in [-0.3, -0.25) is 0 Å². The zero-order valence-electron chi connectivity index (χ0n) is 4.70. The number of hydrogen-bond donors (Lipinski definition) is 1. The second-order valence-electron chi connectivity index (χ2n) is 1.73. The minimum absolute atomic E-state index is 0.817. The molecule has 3 nitrogen and oxygen atoms in total. The number of fused-ring (bicyclic) bond motifs is 1. The maximum atomic E-state index is 4.02. The molecule has 1 N–H and O–H groups in total. The van der Waals surface area contributed by atoms with Crippen LogP contribution in [0.3, 0.4) is 0 Å². The third kappa shape index (κ3) is 0.579. The fraction of sp³-hybridized carbons (Fsp3) is 0. The molecule has 0 amide bonds. The summed E-state index contributed by atoms with van der Waals surface area (Å²) in [5.74, 6) is 0. The lowest BCUT2D eigenvalue weighted by atomic mass is 10.6. The minimum atomic E-state index is 0.817. The number of aromatic nitrogens is 3. The molecule has 3 heteroatoms. The van der Waals surface area contributed by atoms with Crippen LogP contribution in [0.5, 0.6) is 0 Å². The van der Waals surface area contributed by atoms with Crippen LogP contribution >= 0.6 is 0 Å². The SMILES string of the molecule is [c]1c[nH][n+]2cccnc12. The third-order valence-electron chi connectivity index (χ3n) is 1.15. The molecule has 0 atom stereocenters. The first-order chi connectivity index (χ1) is 4.47. The van der Waals surface area contributed by atoms with Crippen molar-refractivity contribution in [3.8, 4) is 0 Å². The van der Waals surface area contributed by atoms with Crippen LogP contribution in [0.4, 0.5) is 0 Å². The summed E-state index contributed by atoms with van der Waals surface area (Å²) in [6, 6.07) is 4.77. The summed E-state index contributed by atoms with van der Waals surface area (Å²) in [6.07, 6.45) is 5.35. The highest BCUT2D eigenvalue weighted by molar-refractivity contribution is 5.22. The van der Waals surface area contributed by atoms with Gasteiger partial charge in [-0.05, 0) is 4.98 Å². The molecule has 43 valence electrons. The van der Waals surface area contributed by atoms with Gasteiger partial charge >= 0.3 is 5.65 Å². The van der Waals surface area contributed by atoms with Gasteiger partial charge in [-0.15, -0.1) is 4.52 Å². The first-order valence-electron chi connectivity index (χ1n) is 2.68. The molecule has 9 heavy (non-hydrogen) atoms. The first kappa shape index (κ1) is 4.49. The summed E-state index contributed by atoms with van der Waals surface area (Å²) in [5, 5.41) is 2.92. The molecule has 0 aliphatic heterocycles. The van der Waals surface area contributed by atoms with Crippen LogP contribution in [0.1, 0.15) is 0 Å². The van der Waals surface area contributed by atoms with Crippen LogP contribution in [0.2, 0.25) is 0 Å². The molecule has 0 spiro atoms. The third-order valence-corrected chi connectivity index (χ3v) is 1.15. The van der Waals surface area contributed by atoms with E-state index in [1.165, 1.54) is 0 Å². The van der Waals surface area contributed by atoms with E-state index in [9.17, 15) is 0 Å². The van der Waals surface area contributed by atoms with Crippen LogP contribution in [-0.4, -0.2) is 10.1 Å². The van der Waals surface area contributed by atoms with Gasteiger partial charge < -0.3 is 0 Å². The highest BCUT2D eigenvalue weighted by atomic mass is 15.2.